The third-order valence-corrected chi connectivity index (χ3v) is 5.44. The van der Waals surface area contributed by atoms with Crippen LogP contribution in [0.5, 0.6) is 0 Å². The molecule has 2 aliphatic heterocycles. The molecule has 2 saturated heterocycles. The van der Waals surface area contributed by atoms with E-state index in [-0.39, 0.29) is 22.7 Å². The van der Waals surface area contributed by atoms with Crippen molar-refractivity contribution in [2.75, 3.05) is 5.75 Å². The summed E-state index contributed by atoms with van der Waals surface area (Å²) < 4.78 is 0. The molecular weight excluding hydrogens is 274 g/mol. The molecule has 0 bridgehead atoms. The summed E-state index contributed by atoms with van der Waals surface area (Å²) >= 11 is 1.71. The van der Waals surface area contributed by atoms with Crippen molar-refractivity contribution in [3.63, 3.8) is 0 Å². The summed E-state index contributed by atoms with van der Waals surface area (Å²) in [7, 11) is 0. The van der Waals surface area contributed by atoms with Crippen LogP contribution in [0, 0.1) is 0 Å². The van der Waals surface area contributed by atoms with E-state index in [2.05, 4.69) is 17.2 Å². The summed E-state index contributed by atoms with van der Waals surface area (Å²) in [5, 5.41) is 2.91. The van der Waals surface area contributed by atoms with Crippen LogP contribution in [0.4, 0.5) is 0 Å². The number of hydrogen-bond acceptors (Lipinski definition) is 4. The van der Waals surface area contributed by atoms with E-state index in [1.54, 1.807) is 29.1 Å². The number of hydrogen-bond donors (Lipinski definition) is 1. The van der Waals surface area contributed by atoms with Gasteiger partial charge in [0.05, 0.1) is 4.87 Å². The molecule has 0 aliphatic carbocycles. The van der Waals surface area contributed by atoms with Crippen molar-refractivity contribution in [1.82, 2.24) is 15.2 Å². The molecule has 2 unspecified atom stereocenters. The summed E-state index contributed by atoms with van der Waals surface area (Å²) in [5.41, 5.74) is 0.960. The van der Waals surface area contributed by atoms with Crippen LogP contribution < -0.4 is 5.32 Å². The zero-order chi connectivity index (χ0) is 14.2. The highest BCUT2D eigenvalue weighted by Gasteiger charge is 2.52. The topological polar surface area (TPSA) is 62.3 Å². The first-order chi connectivity index (χ1) is 9.60. The Balaban J connectivity index is 1.65. The SMILES string of the molecule is CC12CCC(=O)N1C(C(=O)NCc1cccnc1)CS2. The summed E-state index contributed by atoms with van der Waals surface area (Å²) in [5.74, 6) is 0.709. The third kappa shape index (κ3) is 2.28. The smallest absolute Gasteiger partial charge is 0.243 e. The molecule has 0 spiro atoms. The fourth-order valence-corrected chi connectivity index (χ4v) is 4.26. The average molecular weight is 291 g/mol. The molecule has 6 heteroatoms. The van der Waals surface area contributed by atoms with Gasteiger partial charge in [-0.25, -0.2) is 0 Å². The van der Waals surface area contributed by atoms with Crippen LogP contribution in [0.15, 0.2) is 24.5 Å². The van der Waals surface area contributed by atoms with E-state index in [9.17, 15) is 9.59 Å². The lowest BCUT2D eigenvalue weighted by Gasteiger charge is -2.29. The monoisotopic (exact) mass is 291 g/mol. The number of nitrogens with zero attached hydrogens (tertiary/aromatic N) is 2. The van der Waals surface area contributed by atoms with Crippen LogP contribution in [0.2, 0.25) is 0 Å². The summed E-state index contributed by atoms with van der Waals surface area (Å²) in [6.07, 6.45) is 4.82. The largest absolute Gasteiger partial charge is 0.350 e. The molecule has 1 aromatic heterocycles. The van der Waals surface area contributed by atoms with Gasteiger partial charge >= 0.3 is 0 Å². The maximum absolute atomic E-state index is 12.3. The Kier molecular flexibility index (Phi) is 3.41. The maximum atomic E-state index is 12.3. The van der Waals surface area contributed by atoms with Gasteiger partial charge in [-0.2, -0.15) is 0 Å². The Morgan fingerprint density at radius 1 is 1.65 bits per heavy atom. The average Bonchev–Trinajstić information content (AvgIpc) is 2.95. The number of thioether (sulfide) groups is 1. The minimum Gasteiger partial charge on any atom is -0.350 e. The summed E-state index contributed by atoms with van der Waals surface area (Å²) in [6.45, 7) is 2.50. The number of fused-ring (bicyclic) bond motifs is 1. The molecule has 20 heavy (non-hydrogen) atoms. The first-order valence-corrected chi connectivity index (χ1v) is 7.71. The van der Waals surface area contributed by atoms with Crippen molar-refractivity contribution in [1.29, 1.82) is 0 Å². The van der Waals surface area contributed by atoms with Crippen LogP contribution in [0.25, 0.3) is 0 Å². The van der Waals surface area contributed by atoms with Crippen molar-refractivity contribution in [3.05, 3.63) is 30.1 Å². The standard InChI is InChI=1S/C14H17N3O2S/c1-14-5-4-12(18)17(14)11(9-20-14)13(19)16-8-10-3-2-6-15-7-10/h2-3,6-7,11H,4-5,8-9H2,1H3,(H,16,19). The van der Waals surface area contributed by atoms with Gasteiger partial charge in [0, 0.05) is 31.1 Å². The number of pyridine rings is 1. The molecule has 5 nitrogen and oxygen atoms in total. The molecule has 2 aliphatic rings. The van der Waals surface area contributed by atoms with Crippen LogP contribution >= 0.6 is 11.8 Å². The highest BCUT2D eigenvalue weighted by atomic mass is 32.2. The Morgan fingerprint density at radius 2 is 2.50 bits per heavy atom. The highest BCUT2D eigenvalue weighted by Crippen LogP contribution is 2.47. The van der Waals surface area contributed by atoms with Gasteiger partial charge in [-0.3, -0.25) is 14.6 Å². The van der Waals surface area contributed by atoms with Gasteiger partial charge in [0.2, 0.25) is 11.8 Å². The first kappa shape index (κ1) is 13.4. The van der Waals surface area contributed by atoms with Crippen LogP contribution in [0.3, 0.4) is 0 Å². The molecule has 0 radical (unpaired) electrons. The van der Waals surface area contributed by atoms with E-state index >= 15 is 0 Å². The number of carbonyl (C=O) groups is 2. The Morgan fingerprint density at radius 3 is 3.25 bits per heavy atom. The van der Waals surface area contributed by atoms with Gasteiger partial charge in [-0.15, -0.1) is 11.8 Å². The van der Waals surface area contributed by atoms with E-state index in [0.717, 1.165) is 12.0 Å². The molecule has 3 heterocycles. The van der Waals surface area contributed by atoms with Gasteiger partial charge in [0.1, 0.15) is 6.04 Å². The summed E-state index contributed by atoms with van der Waals surface area (Å²) in [4.78, 5) is 29.9. The maximum Gasteiger partial charge on any atom is 0.243 e. The third-order valence-electron chi connectivity index (χ3n) is 3.94. The number of aromatic nitrogens is 1. The lowest BCUT2D eigenvalue weighted by molar-refractivity contribution is -0.138. The number of rotatable bonds is 3. The zero-order valence-electron chi connectivity index (χ0n) is 11.3. The lowest BCUT2D eigenvalue weighted by Crippen LogP contribution is -2.49. The van der Waals surface area contributed by atoms with Crippen molar-refractivity contribution in [2.45, 2.75) is 37.2 Å². The molecular formula is C14H17N3O2S. The second kappa shape index (κ2) is 5.09. The van der Waals surface area contributed by atoms with Crippen molar-refractivity contribution in [3.8, 4) is 0 Å². The van der Waals surface area contributed by atoms with E-state index < -0.39 is 0 Å². The minimum atomic E-state index is -0.336. The fraction of sp³-hybridized carbons (Fsp3) is 0.500. The van der Waals surface area contributed by atoms with Gasteiger partial charge in [-0.1, -0.05) is 6.07 Å². The van der Waals surface area contributed by atoms with E-state index in [1.165, 1.54) is 0 Å². The van der Waals surface area contributed by atoms with Gasteiger partial charge in [0.25, 0.3) is 0 Å². The molecule has 1 aromatic rings. The molecule has 0 saturated carbocycles. The fourth-order valence-electron chi connectivity index (χ4n) is 2.82. The molecule has 3 rings (SSSR count). The molecule has 2 amide bonds. The second-order valence-corrected chi connectivity index (χ2v) is 6.85. The zero-order valence-corrected chi connectivity index (χ0v) is 12.2. The molecule has 2 atom stereocenters. The Bertz CT molecular complexity index is 536. The van der Waals surface area contributed by atoms with Gasteiger partial charge in [0.15, 0.2) is 0 Å². The van der Waals surface area contributed by atoms with E-state index in [4.69, 9.17) is 0 Å². The molecule has 2 fully saturated rings. The van der Waals surface area contributed by atoms with E-state index in [1.807, 2.05) is 12.1 Å². The Labute approximate surface area is 122 Å². The van der Waals surface area contributed by atoms with Crippen molar-refractivity contribution < 1.29 is 9.59 Å². The van der Waals surface area contributed by atoms with Gasteiger partial charge in [-0.05, 0) is 25.0 Å². The molecule has 106 valence electrons. The predicted molar refractivity (Wildman–Crippen MR) is 76.8 cm³/mol. The van der Waals surface area contributed by atoms with E-state index in [0.29, 0.717) is 18.7 Å². The predicted octanol–water partition coefficient (Wildman–Crippen LogP) is 1.15. The first-order valence-electron chi connectivity index (χ1n) is 6.73. The number of nitrogens with one attached hydrogen (secondary N) is 1. The quantitative estimate of drug-likeness (QED) is 0.907. The molecule has 0 aromatic carbocycles. The minimum absolute atomic E-state index is 0.0691. The van der Waals surface area contributed by atoms with Crippen LogP contribution in [-0.2, 0) is 16.1 Å². The lowest BCUT2D eigenvalue weighted by atomic mass is 10.2. The van der Waals surface area contributed by atoms with Crippen LogP contribution in [-0.4, -0.2) is 38.4 Å². The van der Waals surface area contributed by atoms with Gasteiger partial charge < -0.3 is 10.2 Å². The number of amides is 2. The van der Waals surface area contributed by atoms with Crippen molar-refractivity contribution in [2.24, 2.45) is 0 Å². The summed E-state index contributed by atoms with van der Waals surface area (Å²) in [6, 6.07) is 3.42. The Hall–Kier alpha value is -1.56. The normalized spacial score (nSPS) is 28.6. The second-order valence-electron chi connectivity index (χ2n) is 5.34. The van der Waals surface area contributed by atoms with Crippen LogP contribution in [0.1, 0.15) is 25.3 Å². The molecule has 1 N–H and O–H groups in total. The number of carbonyl (C=O) groups excluding carboxylic acids is 2. The highest BCUT2D eigenvalue weighted by molar-refractivity contribution is 8.01. The van der Waals surface area contributed by atoms with Crippen molar-refractivity contribution >= 4 is 23.6 Å².